The van der Waals surface area contributed by atoms with Gasteiger partial charge in [-0.3, -0.25) is 14.5 Å². The van der Waals surface area contributed by atoms with E-state index >= 15 is 0 Å². The van der Waals surface area contributed by atoms with Crippen LogP contribution in [-0.4, -0.2) is 60.6 Å². The number of esters is 1. The van der Waals surface area contributed by atoms with Crippen molar-refractivity contribution in [3.63, 3.8) is 0 Å². The van der Waals surface area contributed by atoms with Crippen LogP contribution < -0.4 is 10.1 Å². The zero-order valence-electron chi connectivity index (χ0n) is 22.3. The highest BCUT2D eigenvalue weighted by Gasteiger charge is 2.55. The molecule has 4 rings (SSSR count). The van der Waals surface area contributed by atoms with Gasteiger partial charge >= 0.3 is 5.97 Å². The molecular weight excluding hydrogens is 604 g/mol. The molecule has 1 aliphatic rings. The summed E-state index contributed by atoms with van der Waals surface area (Å²) in [4.78, 5) is 40.2. The highest BCUT2D eigenvalue weighted by Crippen LogP contribution is 2.40. The van der Waals surface area contributed by atoms with E-state index in [0.29, 0.717) is 27.7 Å². The summed E-state index contributed by atoms with van der Waals surface area (Å²) < 4.78 is 37.0. The van der Waals surface area contributed by atoms with Crippen LogP contribution in [0.3, 0.4) is 0 Å². The predicted octanol–water partition coefficient (Wildman–Crippen LogP) is 3.76. The Labute approximate surface area is 251 Å². The van der Waals surface area contributed by atoms with Gasteiger partial charge in [0.1, 0.15) is 29.5 Å². The van der Waals surface area contributed by atoms with E-state index in [0.717, 1.165) is 4.90 Å². The highest BCUT2D eigenvalue weighted by atomic mass is 35.5. The lowest BCUT2D eigenvalue weighted by Gasteiger charge is -2.46. The molecule has 220 valence electrons. The first kappa shape index (κ1) is 30.9. The summed E-state index contributed by atoms with van der Waals surface area (Å²) in [5, 5.41) is 11.8. The molecule has 0 aliphatic carbocycles. The van der Waals surface area contributed by atoms with Crippen LogP contribution in [-0.2, 0) is 41.0 Å². The van der Waals surface area contributed by atoms with Crippen LogP contribution in [0.5, 0.6) is 5.75 Å². The molecular formula is C29H27ClN2O8S2. The molecule has 0 bridgehead atoms. The summed E-state index contributed by atoms with van der Waals surface area (Å²) in [5.74, 6) is -3.11. The fourth-order valence-corrected chi connectivity index (χ4v) is 7.68. The van der Waals surface area contributed by atoms with E-state index in [1.54, 1.807) is 60.7 Å². The van der Waals surface area contributed by atoms with Crippen molar-refractivity contribution < 1.29 is 37.4 Å². The van der Waals surface area contributed by atoms with Crippen molar-refractivity contribution >= 4 is 49.0 Å². The van der Waals surface area contributed by atoms with Gasteiger partial charge in [0.05, 0.1) is 24.3 Å². The fraction of sp³-hybridized carbons (Fsp3) is 0.207. The number of rotatable bonds is 12. The molecule has 2 atom stereocenters. The number of carbonyl (C=O) groups excluding carboxylic acids is 3. The van der Waals surface area contributed by atoms with Gasteiger partial charge in [-0.1, -0.05) is 60.7 Å². The van der Waals surface area contributed by atoms with E-state index in [2.05, 4.69) is 5.32 Å². The molecule has 0 aromatic heterocycles. The third-order valence-electron chi connectivity index (χ3n) is 6.19. The summed E-state index contributed by atoms with van der Waals surface area (Å²) in [7, 11) is -2.22. The molecule has 42 heavy (non-hydrogen) atoms. The minimum atomic E-state index is -4.09. The topological polar surface area (TPSA) is 139 Å². The molecule has 1 fully saturated rings. The second-order valence-corrected chi connectivity index (χ2v) is 13.2. The van der Waals surface area contributed by atoms with Gasteiger partial charge < -0.3 is 19.9 Å². The maximum atomic E-state index is 13.4. The largest absolute Gasteiger partial charge is 0.509 e. The second kappa shape index (κ2) is 13.8. The number of methoxy groups -OCH3 is 1. The Bertz CT molecular complexity index is 1570. The van der Waals surface area contributed by atoms with Gasteiger partial charge in [-0.25, -0.2) is 13.2 Å². The summed E-state index contributed by atoms with van der Waals surface area (Å²) in [6.07, 6.45) is -0.0625. The van der Waals surface area contributed by atoms with Crippen molar-refractivity contribution in [2.75, 3.05) is 13.0 Å². The lowest BCUT2D eigenvalue weighted by atomic mass is 10.0. The molecule has 2 amide bonds. The minimum absolute atomic E-state index is 0.0437. The third kappa shape index (κ3) is 7.25. The van der Waals surface area contributed by atoms with Crippen LogP contribution in [0.1, 0.15) is 11.1 Å². The number of likely N-dealkylation sites (tertiary alicyclic amines) is 1. The number of aliphatic hydroxyl groups excluding tert-OH is 1. The van der Waals surface area contributed by atoms with Crippen LogP contribution in [0.15, 0.2) is 101 Å². The number of amides is 2. The number of nitrogens with one attached hydrogen (secondary N) is 1. The zero-order valence-corrected chi connectivity index (χ0v) is 24.7. The van der Waals surface area contributed by atoms with Gasteiger partial charge in [-0.2, -0.15) is 0 Å². The Morgan fingerprint density at radius 1 is 0.976 bits per heavy atom. The quantitative estimate of drug-likeness (QED) is 0.0764. The molecule has 0 saturated carbocycles. The Morgan fingerprint density at radius 2 is 1.60 bits per heavy atom. The Hall–Kier alpha value is -4.00. The SMILES string of the molecule is COc1ccc(COC(=O)/C(=C(/O)CCl)N2C(=O)[C@@H](NC(=O)Cc3ccccc3)[C@H]2SS(=O)(=O)c2ccccc2)cc1. The predicted molar refractivity (Wildman–Crippen MR) is 157 cm³/mol. The van der Waals surface area contributed by atoms with Crippen LogP contribution in [0, 0.1) is 0 Å². The molecule has 13 heteroatoms. The number of aliphatic hydroxyl groups is 1. The van der Waals surface area contributed by atoms with Gasteiger partial charge in [-0.05, 0) is 35.4 Å². The molecule has 3 aromatic carbocycles. The van der Waals surface area contributed by atoms with Gasteiger partial charge in [0.2, 0.25) is 14.8 Å². The maximum absolute atomic E-state index is 13.4. The number of hydrogen-bond acceptors (Lipinski definition) is 9. The van der Waals surface area contributed by atoms with Gasteiger partial charge in [-0.15, -0.1) is 11.6 Å². The van der Waals surface area contributed by atoms with Crippen LogP contribution in [0.4, 0.5) is 0 Å². The molecule has 1 saturated heterocycles. The van der Waals surface area contributed by atoms with E-state index in [1.165, 1.54) is 31.4 Å². The average molecular weight is 631 g/mol. The lowest BCUT2D eigenvalue weighted by Crippen LogP contribution is -2.70. The molecule has 0 unspecified atom stereocenters. The molecule has 0 spiro atoms. The Morgan fingerprint density at radius 3 is 2.19 bits per heavy atom. The molecule has 0 radical (unpaired) electrons. The summed E-state index contributed by atoms with van der Waals surface area (Å²) in [6.45, 7) is -0.221. The normalized spacial score (nSPS) is 17.1. The monoisotopic (exact) mass is 630 g/mol. The van der Waals surface area contributed by atoms with Crippen molar-refractivity contribution in [2.45, 2.75) is 29.3 Å². The zero-order chi connectivity index (χ0) is 30.3. The molecule has 1 heterocycles. The molecule has 1 aliphatic heterocycles. The molecule has 10 nitrogen and oxygen atoms in total. The van der Waals surface area contributed by atoms with Crippen molar-refractivity contribution in [2.24, 2.45) is 0 Å². The summed E-state index contributed by atoms with van der Waals surface area (Å²) in [5.41, 5.74) is 0.660. The van der Waals surface area contributed by atoms with Crippen LogP contribution >= 0.6 is 22.4 Å². The number of halogens is 1. The number of hydrogen-bond donors (Lipinski definition) is 2. The van der Waals surface area contributed by atoms with E-state index < -0.39 is 55.4 Å². The van der Waals surface area contributed by atoms with Gasteiger partial charge in [0, 0.05) is 10.8 Å². The average Bonchev–Trinajstić information content (AvgIpc) is 3.01. The number of β-lactam (4-membered cyclic amide) rings is 1. The van der Waals surface area contributed by atoms with E-state index in [9.17, 15) is 27.9 Å². The van der Waals surface area contributed by atoms with Crippen molar-refractivity contribution in [1.29, 1.82) is 0 Å². The van der Waals surface area contributed by atoms with Crippen molar-refractivity contribution in [3.05, 3.63) is 108 Å². The number of ether oxygens (including phenoxy) is 2. The number of carbonyl (C=O) groups is 3. The number of alkyl halides is 1. The molecule has 2 N–H and O–H groups in total. The Kier molecular flexibility index (Phi) is 10.2. The lowest BCUT2D eigenvalue weighted by molar-refractivity contribution is -0.153. The van der Waals surface area contributed by atoms with Crippen molar-refractivity contribution in [3.8, 4) is 5.75 Å². The number of nitrogens with zero attached hydrogens (tertiary/aromatic N) is 1. The van der Waals surface area contributed by atoms with E-state index in [-0.39, 0.29) is 17.9 Å². The summed E-state index contributed by atoms with van der Waals surface area (Å²) in [6, 6.07) is 21.6. The summed E-state index contributed by atoms with van der Waals surface area (Å²) >= 11 is 5.84. The minimum Gasteiger partial charge on any atom is -0.509 e. The van der Waals surface area contributed by atoms with E-state index in [1.807, 2.05) is 0 Å². The Balaban J connectivity index is 1.60. The first-order valence-electron chi connectivity index (χ1n) is 12.6. The van der Waals surface area contributed by atoms with Crippen LogP contribution in [0.2, 0.25) is 0 Å². The smallest absolute Gasteiger partial charge is 0.359 e. The second-order valence-electron chi connectivity index (χ2n) is 9.02. The third-order valence-corrected chi connectivity index (χ3v) is 10.2. The van der Waals surface area contributed by atoms with Gasteiger partial charge in [0.25, 0.3) is 5.91 Å². The molecule has 3 aromatic rings. The first-order chi connectivity index (χ1) is 20.1. The highest BCUT2D eigenvalue weighted by molar-refractivity contribution is 8.72. The van der Waals surface area contributed by atoms with Crippen LogP contribution in [0.25, 0.3) is 0 Å². The fourth-order valence-electron chi connectivity index (χ4n) is 4.07. The number of benzene rings is 3. The first-order valence-corrected chi connectivity index (χ1v) is 16.0. The van der Waals surface area contributed by atoms with Crippen molar-refractivity contribution in [1.82, 2.24) is 10.2 Å². The van der Waals surface area contributed by atoms with Gasteiger partial charge in [0.15, 0.2) is 5.70 Å². The number of allylic oxidation sites excluding steroid dienone is 1. The standard InChI is InChI=1S/C29H27ClN2O8S2/c1-39-21-14-12-20(13-15-21)18-40-29(36)26(23(33)17-30)32-27(35)25(31-24(34)16-19-8-4-2-5-9-19)28(32)41-42(37,38)22-10-6-3-7-11-22/h2-15,25,28,33H,16-18H2,1H3,(H,31,34)/b26-23-/t25-,28-/m1/s1. The maximum Gasteiger partial charge on any atom is 0.359 e. The van der Waals surface area contributed by atoms with E-state index in [4.69, 9.17) is 21.1 Å².